The van der Waals surface area contributed by atoms with E-state index in [-0.39, 0.29) is 17.4 Å². The molecule has 0 spiro atoms. The highest BCUT2D eigenvalue weighted by atomic mass is 16.5. The number of carbonyl (C=O) groups excluding carboxylic acids is 2. The molecule has 2 unspecified atom stereocenters. The van der Waals surface area contributed by atoms with Crippen molar-refractivity contribution in [2.24, 2.45) is 0 Å². The van der Waals surface area contributed by atoms with Gasteiger partial charge in [-0.1, -0.05) is 38.1 Å². The highest BCUT2D eigenvalue weighted by Crippen LogP contribution is 2.41. The molecule has 5 rings (SSSR count). The van der Waals surface area contributed by atoms with E-state index < -0.39 is 17.7 Å². The van der Waals surface area contributed by atoms with Gasteiger partial charge in [-0.3, -0.25) is 9.59 Å². The van der Waals surface area contributed by atoms with Crippen LogP contribution in [0.1, 0.15) is 61.4 Å². The summed E-state index contributed by atoms with van der Waals surface area (Å²) >= 11 is 0. The van der Waals surface area contributed by atoms with Gasteiger partial charge in [0.25, 0.3) is 11.7 Å². The second-order valence-electron chi connectivity index (χ2n) is 9.92. The van der Waals surface area contributed by atoms with Gasteiger partial charge in [0.15, 0.2) is 0 Å². The Morgan fingerprint density at radius 1 is 1.14 bits per heavy atom. The van der Waals surface area contributed by atoms with E-state index in [1.165, 1.54) is 5.56 Å². The van der Waals surface area contributed by atoms with Gasteiger partial charge in [-0.15, -0.1) is 0 Å². The van der Waals surface area contributed by atoms with Crippen molar-refractivity contribution in [3.05, 3.63) is 89.0 Å². The first kappa shape index (κ1) is 23.9. The number of carbonyl (C=O) groups is 2. The van der Waals surface area contributed by atoms with E-state index in [4.69, 9.17) is 4.74 Å². The third kappa shape index (κ3) is 4.41. The maximum atomic E-state index is 13.3. The first-order valence-electron chi connectivity index (χ1n) is 12.5. The molecule has 1 saturated heterocycles. The molecule has 0 radical (unpaired) electrons. The van der Waals surface area contributed by atoms with Crippen LogP contribution in [0.5, 0.6) is 5.75 Å². The Hall–Kier alpha value is -3.87. The molecular formula is C29H31N3O4. The van der Waals surface area contributed by atoms with Gasteiger partial charge in [0, 0.05) is 37.5 Å². The molecule has 0 aliphatic carbocycles. The van der Waals surface area contributed by atoms with E-state index >= 15 is 0 Å². The number of likely N-dealkylation sites (tertiary alicyclic amines) is 1. The Morgan fingerprint density at radius 2 is 1.92 bits per heavy atom. The van der Waals surface area contributed by atoms with Crippen molar-refractivity contribution in [1.29, 1.82) is 0 Å². The molecule has 2 aliphatic rings. The standard InChI is InChI=1S/C29H31N3O4/c1-18(2)20-5-7-21(8-6-20)26-25(27(33)22-9-10-24-23(16-22)15-19(3)36-24)28(34)29(35)32(26)13-4-12-31-14-11-30-17-31/h5-11,14,16-19,26,33H,4,12-13,15H2,1-3H3/b27-25-. The minimum Gasteiger partial charge on any atom is -0.507 e. The number of aliphatic hydroxyl groups excluding tert-OH is 1. The fourth-order valence-corrected chi connectivity index (χ4v) is 5.09. The second kappa shape index (κ2) is 9.64. The molecule has 7 nitrogen and oxygen atoms in total. The van der Waals surface area contributed by atoms with Crippen molar-refractivity contribution in [1.82, 2.24) is 14.5 Å². The number of ketones is 1. The van der Waals surface area contributed by atoms with Gasteiger partial charge >= 0.3 is 0 Å². The molecule has 2 aliphatic heterocycles. The molecule has 0 saturated carbocycles. The number of fused-ring (bicyclic) bond motifs is 1. The van der Waals surface area contributed by atoms with E-state index in [0.717, 1.165) is 23.3 Å². The van der Waals surface area contributed by atoms with Gasteiger partial charge in [-0.05, 0) is 54.2 Å². The minimum absolute atomic E-state index is 0.0675. The summed E-state index contributed by atoms with van der Waals surface area (Å²) in [6.45, 7) is 7.29. The number of Topliss-reactive ketones (excluding diaryl/α,β-unsaturated/α-hetero) is 1. The Balaban J connectivity index is 1.53. The Labute approximate surface area is 211 Å². The van der Waals surface area contributed by atoms with Crippen LogP contribution in [0.2, 0.25) is 0 Å². The van der Waals surface area contributed by atoms with E-state index in [0.29, 0.717) is 31.0 Å². The second-order valence-corrected chi connectivity index (χ2v) is 9.92. The number of hydrogen-bond donors (Lipinski definition) is 1. The summed E-state index contributed by atoms with van der Waals surface area (Å²) < 4.78 is 7.73. The van der Waals surface area contributed by atoms with Crippen LogP contribution in [0.25, 0.3) is 5.76 Å². The third-order valence-corrected chi connectivity index (χ3v) is 7.00. The van der Waals surface area contributed by atoms with E-state index in [2.05, 4.69) is 18.8 Å². The summed E-state index contributed by atoms with van der Waals surface area (Å²) in [7, 11) is 0. The van der Waals surface area contributed by atoms with Crippen molar-refractivity contribution in [2.75, 3.05) is 6.54 Å². The molecule has 2 aromatic carbocycles. The number of aryl methyl sites for hydroxylation is 1. The summed E-state index contributed by atoms with van der Waals surface area (Å²) in [5, 5.41) is 11.4. The van der Waals surface area contributed by atoms with Crippen LogP contribution in [0.3, 0.4) is 0 Å². The van der Waals surface area contributed by atoms with Gasteiger partial charge in [-0.2, -0.15) is 0 Å². The van der Waals surface area contributed by atoms with E-state index in [9.17, 15) is 14.7 Å². The first-order valence-corrected chi connectivity index (χ1v) is 12.5. The predicted molar refractivity (Wildman–Crippen MR) is 137 cm³/mol. The largest absolute Gasteiger partial charge is 0.507 e. The van der Waals surface area contributed by atoms with Crippen LogP contribution in [0.15, 0.2) is 66.8 Å². The molecule has 0 bridgehead atoms. The van der Waals surface area contributed by atoms with E-state index in [1.807, 2.05) is 54.1 Å². The molecule has 1 N–H and O–H groups in total. The summed E-state index contributed by atoms with van der Waals surface area (Å²) in [5.74, 6) is -0.237. The first-order chi connectivity index (χ1) is 17.3. The summed E-state index contributed by atoms with van der Waals surface area (Å²) in [6.07, 6.45) is 6.77. The van der Waals surface area contributed by atoms with Crippen LogP contribution in [-0.4, -0.2) is 43.9 Å². The molecular weight excluding hydrogens is 454 g/mol. The zero-order valence-electron chi connectivity index (χ0n) is 20.8. The summed E-state index contributed by atoms with van der Waals surface area (Å²) in [4.78, 5) is 32.2. The molecule has 3 aromatic rings. The lowest BCUT2D eigenvalue weighted by molar-refractivity contribution is -0.139. The smallest absolute Gasteiger partial charge is 0.295 e. The number of aliphatic hydroxyl groups is 1. The van der Waals surface area contributed by atoms with Gasteiger partial charge in [-0.25, -0.2) is 4.98 Å². The van der Waals surface area contributed by atoms with Crippen LogP contribution in [0.4, 0.5) is 0 Å². The Kier molecular flexibility index (Phi) is 6.39. The van der Waals surface area contributed by atoms with Crippen molar-refractivity contribution in [2.45, 2.75) is 58.2 Å². The SMILES string of the molecule is CC1Cc2cc(/C(O)=C3/C(=O)C(=O)N(CCCn4ccnc4)C3c3ccc(C(C)C)cc3)ccc2O1. The highest BCUT2D eigenvalue weighted by Gasteiger charge is 2.45. The molecule has 36 heavy (non-hydrogen) atoms. The van der Waals surface area contributed by atoms with Crippen molar-refractivity contribution < 1.29 is 19.4 Å². The van der Waals surface area contributed by atoms with Crippen molar-refractivity contribution in [3.8, 4) is 5.75 Å². The van der Waals surface area contributed by atoms with Crippen molar-refractivity contribution >= 4 is 17.4 Å². The number of aromatic nitrogens is 2. The summed E-state index contributed by atoms with van der Waals surface area (Å²) in [5.41, 5.74) is 3.61. The third-order valence-electron chi connectivity index (χ3n) is 7.00. The van der Waals surface area contributed by atoms with Crippen LogP contribution >= 0.6 is 0 Å². The number of benzene rings is 2. The number of imidazole rings is 1. The minimum atomic E-state index is -0.655. The van der Waals surface area contributed by atoms with Gasteiger partial charge in [0.05, 0.1) is 17.9 Å². The van der Waals surface area contributed by atoms with Gasteiger partial charge < -0.3 is 19.3 Å². The maximum Gasteiger partial charge on any atom is 0.295 e. The normalized spacial score (nSPS) is 20.7. The average molecular weight is 486 g/mol. The van der Waals surface area contributed by atoms with Gasteiger partial charge in [0.2, 0.25) is 0 Å². The predicted octanol–water partition coefficient (Wildman–Crippen LogP) is 4.84. The van der Waals surface area contributed by atoms with E-state index in [1.54, 1.807) is 23.5 Å². The molecule has 2 atom stereocenters. The lowest BCUT2D eigenvalue weighted by atomic mass is 9.92. The van der Waals surface area contributed by atoms with Gasteiger partial charge in [0.1, 0.15) is 17.6 Å². The zero-order chi connectivity index (χ0) is 25.4. The molecule has 186 valence electrons. The Bertz CT molecular complexity index is 1310. The van der Waals surface area contributed by atoms with Crippen LogP contribution in [0, 0.1) is 0 Å². The number of rotatable bonds is 7. The zero-order valence-corrected chi connectivity index (χ0v) is 20.8. The fourth-order valence-electron chi connectivity index (χ4n) is 5.09. The molecule has 1 amide bonds. The molecule has 3 heterocycles. The topological polar surface area (TPSA) is 84.7 Å². The number of ether oxygens (including phenoxy) is 1. The lowest BCUT2D eigenvalue weighted by Crippen LogP contribution is -2.31. The number of amides is 1. The fraction of sp³-hybridized carbons (Fsp3) is 0.345. The molecule has 1 aromatic heterocycles. The quantitative estimate of drug-likeness (QED) is 0.294. The average Bonchev–Trinajstić information content (AvgIpc) is 3.57. The van der Waals surface area contributed by atoms with Crippen LogP contribution in [-0.2, 0) is 22.6 Å². The maximum absolute atomic E-state index is 13.3. The number of nitrogens with zero attached hydrogens (tertiary/aromatic N) is 3. The van der Waals surface area contributed by atoms with Crippen LogP contribution < -0.4 is 4.74 Å². The number of hydrogen-bond acceptors (Lipinski definition) is 5. The Morgan fingerprint density at radius 3 is 2.61 bits per heavy atom. The monoisotopic (exact) mass is 485 g/mol. The highest BCUT2D eigenvalue weighted by molar-refractivity contribution is 6.46. The van der Waals surface area contributed by atoms with Crippen molar-refractivity contribution in [3.63, 3.8) is 0 Å². The molecule has 7 heteroatoms. The summed E-state index contributed by atoms with van der Waals surface area (Å²) in [6, 6.07) is 12.7. The lowest BCUT2D eigenvalue weighted by Gasteiger charge is -2.26. The molecule has 1 fully saturated rings.